The van der Waals surface area contributed by atoms with Gasteiger partial charge >= 0.3 is 0 Å². The van der Waals surface area contributed by atoms with Gasteiger partial charge in [-0.1, -0.05) is 13.8 Å². The van der Waals surface area contributed by atoms with Crippen molar-refractivity contribution in [1.29, 1.82) is 0 Å². The summed E-state index contributed by atoms with van der Waals surface area (Å²) in [6, 6.07) is 0.507. The van der Waals surface area contributed by atoms with Crippen LogP contribution < -0.4 is 5.32 Å². The summed E-state index contributed by atoms with van der Waals surface area (Å²) in [7, 11) is 0. The summed E-state index contributed by atoms with van der Waals surface area (Å²) in [5.41, 5.74) is 0. The van der Waals surface area contributed by atoms with Gasteiger partial charge in [0.2, 0.25) is 5.13 Å². The fourth-order valence-corrected chi connectivity index (χ4v) is 3.10. The van der Waals surface area contributed by atoms with Crippen LogP contribution in [-0.2, 0) is 6.42 Å². The molecule has 2 rings (SSSR count). The smallest absolute Gasteiger partial charge is 0.202 e. The molecule has 0 atom stereocenters. The largest absolute Gasteiger partial charge is 0.396 e. The van der Waals surface area contributed by atoms with E-state index in [0.29, 0.717) is 24.5 Å². The Balaban J connectivity index is 1.81. The van der Waals surface area contributed by atoms with Crippen LogP contribution in [0.2, 0.25) is 0 Å². The molecule has 1 aromatic rings. The zero-order valence-corrected chi connectivity index (χ0v) is 12.0. The van der Waals surface area contributed by atoms with Crippen molar-refractivity contribution in [3.8, 4) is 0 Å². The Morgan fingerprint density at radius 3 is 2.67 bits per heavy atom. The second-order valence-electron chi connectivity index (χ2n) is 5.66. The summed E-state index contributed by atoms with van der Waals surface area (Å²) in [6.45, 7) is 4.71. The lowest BCUT2D eigenvalue weighted by Crippen LogP contribution is -2.27. The van der Waals surface area contributed by atoms with Crippen molar-refractivity contribution in [2.45, 2.75) is 52.0 Å². The highest BCUT2D eigenvalue weighted by Crippen LogP contribution is 2.26. The SMILES string of the molecule is CC(C)Cc1nsc(NC2CCC(CO)CC2)n1. The monoisotopic (exact) mass is 269 g/mol. The molecule has 0 saturated heterocycles. The van der Waals surface area contributed by atoms with Crippen LogP contribution >= 0.6 is 11.5 Å². The molecule has 0 aromatic carbocycles. The minimum atomic E-state index is 0.337. The topological polar surface area (TPSA) is 58.0 Å². The molecule has 5 heteroatoms. The maximum Gasteiger partial charge on any atom is 0.202 e. The van der Waals surface area contributed by atoms with Crippen LogP contribution in [0.4, 0.5) is 5.13 Å². The highest BCUT2D eigenvalue weighted by Gasteiger charge is 2.21. The lowest BCUT2D eigenvalue weighted by molar-refractivity contribution is 0.186. The van der Waals surface area contributed by atoms with Gasteiger partial charge in [0.25, 0.3) is 0 Å². The van der Waals surface area contributed by atoms with E-state index in [1.54, 1.807) is 0 Å². The summed E-state index contributed by atoms with van der Waals surface area (Å²) < 4.78 is 4.38. The molecule has 1 heterocycles. The van der Waals surface area contributed by atoms with Crippen LogP contribution in [0.1, 0.15) is 45.4 Å². The predicted molar refractivity (Wildman–Crippen MR) is 74.9 cm³/mol. The van der Waals surface area contributed by atoms with Crippen molar-refractivity contribution in [1.82, 2.24) is 9.36 Å². The maximum absolute atomic E-state index is 9.11. The number of nitrogens with one attached hydrogen (secondary N) is 1. The molecule has 1 aliphatic carbocycles. The van der Waals surface area contributed by atoms with Crippen molar-refractivity contribution >= 4 is 16.7 Å². The molecule has 102 valence electrons. The van der Waals surface area contributed by atoms with E-state index in [4.69, 9.17) is 5.11 Å². The Bertz CT molecular complexity index is 359. The third kappa shape index (κ3) is 3.92. The Labute approximate surface area is 113 Å². The van der Waals surface area contributed by atoms with Crippen LogP contribution in [0.15, 0.2) is 0 Å². The summed E-state index contributed by atoms with van der Waals surface area (Å²) >= 11 is 1.47. The number of anilines is 1. The van der Waals surface area contributed by atoms with Gasteiger partial charge in [0.1, 0.15) is 5.82 Å². The van der Waals surface area contributed by atoms with Gasteiger partial charge in [-0.15, -0.1) is 0 Å². The van der Waals surface area contributed by atoms with Gasteiger partial charge in [-0.05, 0) is 37.5 Å². The first kappa shape index (κ1) is 13.7. The van der Waals surface area contributed by atoms with Crippen LogP contribution in [0.3, 0.4) is 0 Å². The normalized spacial score (nSPS) is 24.4. The van der Waals surface area contributed by atoms with Gasteiger partial charge in [0.05, 0.1) is 0 Å². The average Bonchev–Trinajstić information content (AvgIpc) is 2.76. The molecule has 2 N–H and O–H groups in total. The second kappa shape index (κ2) is 6.48. The Morgan fingerprint density at radius 1 is 1.33 bits per heavy atom. The van der Waals surface area contributed by atoms with Crippen molar-refractivity contribution in [3.05, 3.63) is 5.82 Å². The lowest BCUT2D eigenvalue weighted by atomic mass is 9.87. The van der Waals surface area contributed by atoms with E-state index in [0.717, 1.165) is 43.1 Å². The molecule has 0 amide bonds. The molecule has 1 aromatic heterocycles. The van der Waals surface area contributed by atoms with E-state index in [9.17, 15) is 0 Å². The minimum absolute atomic E-state index is 0.337. The molecule has 0 radical (unpaired) electrons. The molecular formula is C13H23N3OS. The Hall–Kier alpha value is -0.680. The molecule has 1 aliphatic rings. The summed E-state index contributed by atoms with van der Waals surface area (Å²) in [6.07, 6.45) is 5.45. The Morgan fingerprint density at radius 2 is 2.06 bits per heavy atom. The van der Waals surface area contributed by atoms with Gasteiger partial charge in [0, 0.05) is 30.6 Å². The molecule has 18 heavy (non-hydrogen) atoms. The van der Waals surface area contributed by atoms with Gasteiger partial charge in [-0.25, -0.2) is 4.98 Å². The van der Waals surface area contributed by atoms with Crippen molar-refractivity contribution in [2.75, 3.05) is 11.9 Å². The fraction of sp³-hybridized carbons (Fsp3) is 0.846. The van der Waals surface area contributed by atoms with E-state index >= 15 is 0 Å². The predicted octanol–water partition coefficient (Wildman–Crippen LogP) is 2.70. The first-order valence-electron chi connectivity index (χ1n) is 6.87. The molecule has 0 aliphatic heterocycles. The maximum atomic E-state index is 9.11. The number of nitrogens with zero attached hydrogens (tertiary/aromatic N) is 2. The molecular weight excluding hydrogens is 246 g/mol. The standard InChI is InChI=1S/C13H23N3OS/c1-9(2)7-12-15-13(18-16-12)14-11-5-3-10(8-17)4-6-11/h9-11,17H,3-8H2,1-2H3,(H,14,15,16). The number of hydrogen-bond donors (Lipinski definition) is 2. The van der Waals surface area contributed by atoms with Crippen LogP contribution in [0, 0.1) is 11.8 Å². The zero-order valence-electron chi connectivity index (χ0n) is 11.2. The number of rotatable bonds is 5. The van der Waals surface area contributed by atoms with Crippen LogP contribution in [-0.4, -0.2) is 27.1 Å². The van der Waals surface area contributed by atoms with E-state index in [1.165, 1.54) is 11.5 Å². The third-order valence-corrected chi connectivity index (χ3v) is 4.18. The highest BCUT2D eigenvalue weighted by atomic mass is 32.1. The van der Waals surface area contributed by atoms with Gasteiger partial charge in [-0.2, -0.15) is 4.37 Å². The van der Waals surface area contributed by atoms with E-state index in [-0.39, 0.29) is 0 Å². The third-order valence-electron chi connectivity index (χ3n) is 3.49. The fourth-order valence-electron chi connectivity index (χ4n) is 2.42. The Kier molecular flexibility index (Phi) is 4.95. The number of aromatic nitrogens is 2. The second-order valence-corrected chi connectivity index (χ2v) is 6.41. The summed E-state index contributed by atoms with van der Waals surface area (Å²) in [4.78, 5) is 4.53. The molecule has 0 spiro atoms. The first-order valence-corrected chi connectivity index (χ1v) is 7.64. The van der Waals surface area contributed by atoms with E-state index < -0.39 is 0 Å². The van der Waals surface area contributed by atoms with Crippen molar-refractivity contribution in [2.24, 2.45) is 11.8 Å². The summed E-state index contributed by atoms with van der Waals surface area (Å²) in [5.74, 6) is 2.07. The molecule has 0 bridgehead atoms. The number of aliphatic hydroxyl groups is 1. The molecule has 0 unspecified atom stereocenters. The quantitative estimate of drug-likeness (QED) is 0.863. The van der Waals surface area contributed by atoms with Gasteiger partial charge in [0.15, 0.2) is 0 Å². The zero-order chi connectivity index (χ0) is 13.0. The summed E-state index contributed by atoms with van der Waals surface area (Å²) in [5, 5.41) is 13.6. The van der Waals surface area contributed by atoms with Crippen molar-refractivity contribution < 1.29 is 5.11 Å². The van der Waals surface area contributed by atoms with E-state index in [2.05, 4.69) is 28.5 Å². The molecule has 4 nitrogen and oxygen atoms in total. The molecule has 1 saturated carbocycles. The highest BCUT2D eigenvalue weighted by molar-refractivity contribution is 7.09. The van der Waals surface area contributed by atoms with E-state index in [1.807, 2.05) is 0 Å². The lowest BCUT2D eigenvalue weighted by Gasteiger charge is -2.27. The number of hydrogen-bond acceptors (Lipinski definition) is 5. The van der Waals surface area contributed by atoms with Crippen LogP contribution in [0.5, 0.6) is 0 Å². The van der Waals surface area contributed by atoms with Crippen molar-refractivity contribution in [3.63, 3.8) is 0 Å². The first-order chi connectivity index (χ1) is 8.67. The minimum Gasteiger partial charge on any atom is -0.396 e. The van der Waals surface area contributed by atoms with Gasteiger partial charge < -0.3 is 10.4 Å². The molecule has 1 fully saturated rings. The van der Waals surface area contributed by atoms with Crippen LogP contribution in [0.25, 0.3) is 0 Å². The average molecular weight is 269 g/mol. The van der Waals surface area contributed by atoms with Gasteiger partial charge in [-0.3, -0.25) is 0 Å². The number of aliphatic hydroxyl groups excluding tert-OH is 1.